The second kappa shape index (κ2) is 8.84. The van der Waals surface area contributed by atoms with Gasteiger partial charge >= 0.3 is 6.09 Å². The van der Waals surface area contributed by atoms with Crippen LogP contribution in [0, 0.1) is 12.7 Å². The van der Waals surface area contributed by atoms with Crippen LogP contribution in [0.4, 0.5) is 20.6 Å². The number of anilines is 2. The average Bonchev–Trinajstić information content (AvgIpc) is 2.63. The Morgan fingerprint density at radius 3 is 2.46 bits per heavy atom. The lowest BCUT2D eigenvalue weighted by atomic mass is 10.1. The van der Waals surface area contributed by atoms with E-state index in [1.165, 1.54) is 19.2 Å². The van der Waals surface area contributed by atoms with E-state index in [0.29, 0.717) is 12.2 Å². The van der Waals surface area contributed by atoms with Crippen LogP contribution < -0.4 is 16.0 Å². The van der Waals surface area contributed by atoms with Crippen LogP contribution in [0.25, 0.3) is 0 Å². The minimum atomic E-state index is -0.756. The lowest BCUT2D eigenvalue weighted by Gasteiger charge is -2.16. The van der Waals surface area contributed by atoms with Gasteiger partial charge in [-0.1, -0.05) is 29.8 Å². The number of rotatable bonds is 6. The topological polar surface area (TPSA) is 79.5 Å². The van der Waals surface area contributed by atoms with E-state index in [1.54, 1.807) is 13.0 Å². The van der Waals surface area contributed by atoms with Crippen LogP contribution >= 0.6 is 0 Å². The van der Waals surface area contributed by atoms with Gasteiger partial charge in [-0.25, -0.2) is 9.18 Å². The van der Waals surface area contributed by atoms with Gasteiger partial charge in [0.2, 0.25) is 5.91 Å². The molecule has 138 valence electrons. The first-order valence-corrected chi connectivity index (χ1v) is 8.13. The molecule has 0 saturated carbocycles. The average molecular weight is 359 g/mol. The number of aryl methyl sites for hydroxylation is 1. The van der Waals surface area contributed by atoms with Crippen molar-refractivity contribution in [3.8, 4) is 0 Å². The molecule has 0 spiro atoms. The van der Waals surface area contributed by atoms with Crippen molar-refractivity contribution in [2.45, 2.75) is 26.4 Å². The molecule has 0 fully saturated rings. The Hall–Kier alpha value is -3.09. The molecule has 0 aromatic heterocycles. The largest absolute Gasteiger partial charge is 0.453 e. The summed E-state index contributed by atoms with van der Waals surface area (Å²) >= 11 is 0. The summed E-state index contributed by atoms with van der Waals surface area (Å²) in [6.45, 7) is 4.10. The number of amides is 2. The highest BCUT2D eigenvalue weighted by molar-refractivity contribution is 5.86. The van der Waals surface area contributed by atoms with Crippen LogP contribution in [0.3, 0.4) is 0 Å². The minimum Gasteiger partial charge on any atom is -0.453 e. The van der Waals surface area contributed by atoms with Crippen LogP contribution in [-0.2, 0) is 16.1 Å². The van der Waals surface area contributed by atoms with Gasteiger partial charge in [-0.05, 0) is 37.6 Å². The molecule has 0 bridgehead atoms. The number of nitrogens with one attached hydrogen (secondary N) is 3. The first-order chi connectivity index (χ1) is 12.4. The second-order valence-electron chi connectivity index (χ2n) is 5.88. The number of carbonyl (C=O) groups excluding carboxylic acids is 2. The molecule has 0 aliphatic carbocycles. The zero-order valence-electron chi connectivity index (χ0n) is 14.9. The van der Waals surface area contributed by atoms with Gasteiger partial charge in [-0.2, -0.15) is 0 Å². The second-order valence-corrected chi connectivity index (χ2v) is 5.88. The number of methoxy groups -OCH3 is 1. The highest BCUT2D eigenvalue weighted by atomic mass is 19.1. The van der Waals surface area contributed by atoms with Crippen molar-refractivity contribution in [2.75, 3.05) is 17.7 Å². The van der Waals surface area contributed by atoms with Crippen LogP contribution in [0.5, 0.6) is 0 Å². The first-order valence-electron chi connectivity index (χ1n) is 8.13. The Balaban J connectivity index is 1.90. The fourth-order valence-corrected chi connectivity index (χ4v) is 2.23. The zero-order valence-corrected chi connectivity index (χ0v) is 14.9. The summed E-state index contributed by atoms with van der Waals surface area (Å²) < 4.78 is 18.4. The van der Waals surface area contributed by atoms with Crippen molar-refractivity contribution in [3.63, 3.8) is 0 Å². The Morgan fingerprint density at radius 1 is 1.15 bits per heavy atom. The molecule has 2 rings (SSSR count). The van der Waals surface area contributed by atoms with Gasteiger partial charge in [-0.3, -0.25) is 10.1 Å². The van der Waals surface area contributed by atoms with E-state index in [1.807, 2.05) is 31.2 Å². The smallest absolute Gasteiger partial charge is 0.411 e. The molecule has 0 aliphatic rings. The third-order valence-corrected chi connectivity index (χ3v) is 3.76. The van der Waals surface area contributed by atoms with E-state index in [0.717, 1.165) is 11.1 Å². The Labute approximate surface area is 151 Å². The summed E-state index contributed by atoms with van der Waals surface area (Å²) in [5.74, 6) is -0.838. The fourth-order valence-electron chi connectivity index (χ4n) is 2.23. The third kappa shape index (κ3) is 5.47. The molecule has 7 heteroatoms. The number of carbonyl (C=O) groups is 2. The lowest BCUT2D eigenvalue weighted by molar-refractivity contribution is -0.121. The molecule has 0 aliphatic heterocycles. The molecule has 3 N–H and O–H groups in total. The van der Waals surface area contributed by atoms with Crippen molar-refractivity contribution in [3.05, 3.63) is 59.4 Å². The zero-order chi connectivity index (χ0) is 19.1. The van der Waals surface area contributed by atoms with Crippen molar-refractivity contribution < 1.29 is 18.7 Å². The number of ether oxygens (including phenoxy) is 1. The molecule has 1 atom stereocenters. The summed E-state index contributed by atoms with van der Waals surface area (Å²) in [5.41, 5.74) is 2.58. The molecule has 2 aromatic carbocycles. The van der Waals surface area contributed by atoms with Crippen LogP contribution in [0.1, 0.15) is 18.1 Å². The number of benzene rings is 2. The van der Waals surface area contributed by atoms with Gasteiger partial charge < -0.3 is 15.4 Å². The van der Waals surface area contributed by atoms with Crippen molar-refractivity contribution in [2.24, 2.45) is 0 Å². The maximum Gasteiger partial charge on any atom is 0.411 e. The molecule has 26 heavy (non-hydrogen) atoms. The number of hydrogen-bond acceptors (Lipinski definition) is 4. The quantitative estimate of drug-likeness (QED) is 0.738. The summed E-state index contributed by atoms with van der Waals surface area (Å²) in [5, 5.41) is 8.02. The van der Waals surface area contributed by atoms with Crippen molar-refractivity contribution in [1.82, 2.24) is 5.32 Å². The summed E-state index contributed by atoms with van der Waals surface area (Å²) in [6, 6.07) is 11.5. The Kier molecular flexibility index (Phi) is 6.54. The molecular weight excluding hydrogens is 337 g/mol. The predicted molar refractivity (Wildman–Crippen MR) is 98.5 cm³/mol. The van der Waals surface area contributed by atoms with Gasteiger partial charge in [-0.15, -0.1) is 0 Å². The normalized spacial score (nSPS) is 11.4. The summed E-state index contributed by atoms with van der Waals surface area (Å²) in [7, 11) is 1.19. The van der Waals surface area contributed by atoms with E-state index in [9.17, 15) is 14.0 Å². The standard InChI is InChI=1S/C19H22FN3O3/c1-12-4-6-14(7-5-12)11-21-18(24)13(2)22-15-8-9-17(16(20)10-15)23-19(25)26-3/h4-10,13,22H,11H2,1-3H3,(H,21,24)(H,23,25). The van der Waals surface area contributed by atoms with E-state index in [-0.39, 0.29) is 11.6 Å². The minimum absolute atomic E-state index is 0.00104. The lowest BCUT2D eigenvalue weighted by Crippen LogP contribution is -2.37. The maximum atomic E-state index is 14.0. The molecule has 0 heterocycles. The van der Waals surface area contributed by atoms with Crippen LogP contribution in [0.15, 0.2) is 42.5 Å². The van der Waals surface area contributed by atoms with E-state index in [4.69, 9.17) is 0 Å². The van der Waals surface area contributed by atoms with Gasteiger partial charge in [0.05, 0.1) is 12.8 Å². The highest BCUT2D eigenvalue weighted by Crippen LogP contribution is 2.19. The SMILES string of the molecule is COC(=O)Nc1ccc(NC(C)C(=O)NCc2ccc(C)cc2)cc1F. The summed E-state index contributed by atoms with van der Waals surface area (Å²) in [6.07, 6.45) is -0.756. The molecule has 6 nitrogen and oxygen atoms in total. The van der Waals surface area contributed by atoms with Gasteiger partial charge in [0.1, 0.15) is 11.9 Å². The predicted octanol–water partition coefficient (Wildman–Crippen LogP) is 3.43. The maximum absolute atomic E-state index is 14.0. The third-order valence-electron chi connectivity index (χ3n) is 3.76. The molecule has 1 unspecified atom stereocenters. The molecule has 2 amide bonds. The van der Waals surface area contributed by atoms with Crippen LogP contribution in [0.2, 0.25) is 0 Å². The number of hydrogen-bond donors (Lipinski definition) is 3. The van der Waals surface area contributed by atoms with Gasteiger partial charge in [0, 0.05) is 12.2 Å². The Morgan fingerprint density at radius 2 is 1.85 bits per heavy atom. The summed E-state index contributed by atoms with van der Waals surface area (Å²) in [4.78, 5) is 23.3. The van der Waals surface area contributed by atoms with E-state index < -0.39 is 18.0 Å². The monoisotopic (exact) mass is 359 g/mol. The number of halogens is 1. The van der Waals surface area contributed by atoms with E-state index in [2.05, 4.69) is 20.7 Å². The fraction of sp³-hybridized carbons (Fsp3) is 0.263. The van der Waals surface area contributed by atoms with E-state index >= 15 is 0 Å². The van der Waals surface area contributed by atoms with Gasteiger partial charge in [0.25, 0.3) is 0 Å². The van der Waals surface area contributed by atoms with Gasteiger partial charge in [0.15, 0.2) is 0 Å². The first kappa shape index (κ1) is 19.2. The Bertz CT molecular complexity index is 778. The molecule has 0 radical (unpaired) electrons. The van der Waals surface area contributed by atoms with Crippen molar-refractivity contribution in [1.29, 1.82) is 0 Å². The highest BCUT2D eigenvalue weighted by Gasteiger charge is 2.14. The molecule has 0 saturated heterocycles. The molecular formula is C19H22FN3O3. The van der Waals surface area contributed by atoms with Crippen LogP contribution in [-0.4, -0.2) is 25.2 Å². The van der Waals surface area contributed by atoms with Crippen molar-refractivity contribution >= 4 is 23.4 Å². The molecule has 2 aromatic rings.